The topological polar surface area (TPSA) is 62.5 Å². The van der Waals surface area contributed by atoms with Crippen molar-refractivity contribution in [1.29, 1.82) is 0 Å². The van der Waals surface area contributed by atoms with E-state index >= 15 is 0 Å². The van der Waals surface area contributed by atoms with E-state index in [0.717, 1.165) is 31.2 Å². The first-order chi connectivity index (χ1) is 9.46. The van der Waals surface area contributed by atoms with Gasteiger partial charge < -0.3 is 15.5 Å². The fourth-order valence-electron chi connectivity index (χ4n) is 2.07. The number of aromatic nitrogens is 1. The van der Waals surface area contributed by atoms with Gasteiger partial charge in [0.1, 0.15) is 10.7 Å². The van der Waals surface area contributed by atoms with Gasteiger partial charge in [-0.2, -0.15) is 0 Å². The molecule has 20 heavy (non-hydrogen) atoms. The number of hydrogen-bond donors (Lipinski definition) is 1. The third kappa shape index (κ3) is 3.62. The summed E-state index contributed by atoms with van der Waals surface area (Å²) in [7, 11) is 0. The maximum Gasteiger partial charge on any atom is 0.268 e. The third-order valence-electron chi connectivity index (χ3n) is 3.22. The summed E-state index contributed by atoms with van der Waals surface area (Å²) in [6.45, 7) is 12.7. The zero-order valence-corrected chi connectivity index (χ0v) is 14.0. The Labute approximate surface area is 125 Å². The number of nitrogens with two attached hydrogens (primary N) is 1. The van der Waals surface area contributed by atoms with Crippen LogP contribution in [0.2, 0.25) is 0 Å². The van der Waals surface area contributed by atoms with Gasteiger partial charge in [0.25, 0.3) is 5.91 Å². The molecule has 2 N–H and O–H groups in total. The molecular formula is C14H26N4OS. The van der Waals surface area contributed by atoms with Gasteiger partial charge in [-0.15, -0.1) is 0 Å². The van der Waals surface area contributed by atoms with E-state index in [2.05, 4.69) is 30.7 Å². The van der Waals surface area contributed by atoms with Crippen LogP contribution in [0.1, 0.15) is 50.7 Å². The van der Waals surface area contributed by atoms with Gasteiger partial charge in [-0.05, 0) is 34.1 Å². The second-order valence-electron chi connectivity index (χ2n) is 4.98. The van der Waals surface area contributed by atoms with Crippen LogP contribution in [0.15, 0.2) is 0 Å². The van der Waals surface area contributed by atoms with E-state index in [0.29, 0.717) is 10.7 Å². The second-order valence-corrected chi connectivity index (χ2v) is 5.95. The molecular weight excluding hydrogens is 272 g/mol. The molecule has 5 nitrogen and oxygen atoms in total. The number of rotatable bonds is 7. The van der Waals surface area contributed by atoms with Gasteiger partial charge in [0, 0.05) is 25.7 Å². The number of amides is 1. The van der Waals surface area contributed by atoms with Gasteiger partial charge >= 0.3 is 0 Å². The second kappa shape index (κ2) is 7.47. The summed E-state index contributed by atoms with van der Waals surface area (Å²) in [5, 5.41) is 0.830. The lowest BCUT2D eigenvalue weighted by molar-refractivity contribution is 0.0712. The highest BCUT2D eigenvalue weighted by Crippen LogP contribution is 2.29. The summed E-state index contributed by atoms with van der Waals surface area (Å²) in [5.41, 5.74) is 5.95. The third-order valence-corrected chi connectivity index (χ3v) is 4.34. The van der Waals surface area contributed by atoms with Gasteiger partial charge in [0.05, 0.1) is 0 Å². The lowest BCUT2D eigenvalue weighted by Crippen LogP contribution is -2.37. The zero-order valence-electron chi connectivity index (χ0n) is 13.1. The van der Waals surface area contributed by atoms with Crippen LogP contribution in [0.4, 0.5) is 10.9 Å². The molecule has 0 aliphatic carbocycles. The molecule has 0 fully saturated rings. The predicted octanol–water partition coefficient (Wildman–Crippen LogP) is 2.83. The Morgan fingerprint density at radius 2 is 1.90 bits per heavy atom. The molecule has 1 amide bonds. The highest BCUT2D eigenvalue weighted by molar-refractivity contribution is 7.18. The Kier molecular flexibility index (Phi) is 6.26. The minimum atomic E-state index is -0.00439. The van der Waals surface area contributed by atoms with Crippen molar-refractivity contribution in [2.24, 2.45) is 0 Å². The van der Waals surface area contributed by atoms with Crippen LogP contribution >= 0.6 is 11.3 Å². The quantitative estimate of drug-likeness (QED) is 0.841. The van der Waals surface area contributed by atoms with Gasteiger partial charge in [0.2, 0.25) is 0 Å². The summed E-state index contributed by atoms with van der Waals surface area (Å²) in [5.74, 6) is 0.346. The van der Waals surface area contributed by atoms with Crippen LogP contribution < -0.4 is 10.6 Å². The van der Waals surface area contributed by atoms with Crippen LogP contribution in [0.25, 0.3) is 0 Å². The largest absolute Gasteiger partial charge is 0.382 e. The van der Waals surface area contributed by atoms with Crippen LogP contribution in [-0.4, -0.2) is 41.5 Å². The van der Waals surface area contributed by atoms with E-state index in [9.17, 15) is 4.79 Å². The molecule has 0 spiro atoms. The van der Waals surface area contributed by atoms with Crippen molar-refractivity contribution in [3.63, 3.8) is 0 Å². The Morgan fingerprint density at radius 1 is 1.30 bits per heavy atom. The molecule has 1 aromatic heterocycles. The predicted molar refractivity (Wildman–Crippen MR) is 86.6 cm³/mol. The first kappa shape index (κ1) is 16.8. The van der Waals surface area contributed by atoms with Crippen LogP contribution in [0.5, 0.6) is 0 Å². The summed E-state index contributed by atoms with van der Waals surface area (Å²) in [6.07, 6.45) is 0.936. The maximum atomic E-state index is 12.6. The van der Waals surface area contributed by atoms with Crippen molar-refractivity contribution in [3.8, 4) is 0 Å². The fraction of sp³-hybridized carbons (Fsp3) is 0.714. The number of anilines is 2. The Balaban J connectivity index is 3.03. The Hall–Kier alpha value is -1.30. The number of nitrogens with zero attached hydrogens (tertiary/aromatic N) is 3. The molecule has 0 atom stereocenters. The molecule has 0 saturated heterocycles. The Bertz CT molecular complexity index is 440. The van der Waals surface area contributed by atoms with Crippen molar-refractivity contribution in [1.82, 2.24) is 9.88 Å². The number of thiazole rings is 1. The molecule has 1 rings (SSSR count). The van der Waals surface area contributed by atoms with Crippen LogP contribution in [0.3, 0.4) is 0 Å². The number of carbonyl (C=O) groups excluding carboxylic acids is 1. The van der Waals surface area contributed by atoms with E-state index in [4.69, 9.17) is 5.73 Å². The average molecular weight is 298 g/mol. The minimum Gasteiger partial charge on any atom is -0.382 e. The van der Waals surface area contributed by atoms with Gasteiger partial charge in [-0.25, -0.2) is 4.98 Å². The van der Waals surface area contributed by atoms with Crippen molar-refractivity contribution in [2.45, 2.75) is 47.1 Å². The van der Waals surface area contributed by atoms with Crippen LogP contribution in [-0.2, 0) is 0 Å². The first-order valence-electron chi connectivity index (χ1n) is 7.28. The molecule has 0 unspecified atom stereocenters. The highest BCUT2D eigenvalue weighted by atomic mass is 32.1. The normalized spacial score (nSPS) is 10.9. The Morgan fingerprint density at radius 3 is 2.35 bits per heavy atom. The van der Waals surface area contributed by atoms with Gasteiger partial charge in [-0.3, -0.25) is 4.79 Å². The van der Waals surface area contributed by atoms with E-state index in [1.807, 2.05) is 18.7 Å². The van der Waals surface area contributed by atoms with Crippen molar-refractivity contribution < 1.29 is 4.79 Å². The maximum absolute atomic E-state index is 12.6. The molecule has 0 aliphatic heterocycles. The average Bonchev–Trinajstić information content (AvgIpc) is 2.78. The molecule has 1 aromatic rings. The number of carbonyl (C=O) groups is 1. The monoisotopic (exact) mass is 298 g/mol. The van der Waals surface area contributed by atoms with Gasteiger partial charge in [-0.1, -0.05) is 18.3 Å². The van der Waals surface area contributed by atoms with Crippen molar-refractivity contribution >= 4 is 28.2 Å². The number of nitrogen functional groups attached to an aromatic ring is 1. The molecule has 0 bridgehead atoms. The summed E-state index contributed by atoms with van der Waals surface area (Å²) in [6, 6.07) is 0.167. The highest BCUT2D eigenvalue weighted by Gasteiger charge is 2.24. The molecule has 1 heterocycles. The smallest absolute Gasteiger partial charge is 0.268 e. The van der Waals surface area contributed by atoms with Gasteiger partial charge in [0.15, 0.2) is 5.13 Å². The summed E-state index contributed by atoms with van der Waals surface area (Å²) < 4.78 is 0. The fourth-order valence-corrected chi connectivity index (χ4v) is 3.14. The van der Waals surface area contributed by atoms with Crippen molar-refractivity contribution in [2.75, 3.05) is 30.3 Å². The summed E-state index contributed by atoms with van der Waals surface area (Å²) in [4.78, 5) is 21.5. The lowest BCUT2D eigenvalue weighted by Gasteiger charge is -2.25. The zero-order chi connectivity index (χ0) is 15.3. The molecule has 0 aliphatic rings. The molecule has 0 aromatic carbocycles. The van der Waals surface area contributed by atoms with Crippen molar-refractivity contribution in [3.05, 3.63) is 4.88 Å². The van der Waals surface area contributed by atoms with E-state index in [-0.39, 0.29) is 11.9 Å². The van der Waals surface area contributed by atoms with E-state index in [1.165, 1.54) is 11.3 Å². The summed E-state index contributed by atoms with van der Waals surface area (Å²) >= 11 is 1.40. The molecule has 6 heteroatoms. The SMILES string of the molecule is CCCN(C(=O)c1sc(N(CC)CC)nc1N)C(C)C. The van der Waals surface area contributed by atoms with Crippen LogP contribution in [0, 0.1) is 0 Å². The minimum absolute atomic E-state index is 0.00439. The molecule has 114 valence electrons. The molecule has 0 saturated carbocycles. The first-order valence-corrected chi connectivity index (χ1v) is 8.09. The van der Waals surface area contributed by atoms with E-state index < -0.39 is 0 Å². The number of hydrogen-bond acceptors (Lipinski definition) is 5. The van der Waals surface area contributed by atoms with E-state index in [1.54, 1.807) is 0 Å². The lowest BCUT2D eigenvalue weighted by atomic mass is 10.2. The molecule has 0 radical (unpaired) electrons. The standard InChI is InChI=1S/C14H26N4OS/c1-6-9-18(10(4)5)13(19)11-12(15)16-14(20-11)17(7-2)8-3/h10H,6-9,15H2,1-5H3.